The molecule has 1 aliphatic heterocycles. The van der Waals surface area contributed by atoms with Crippen molar-refractivity contribution in [1.82, 2.24) is 0 Å². The summed E-state index contributed by atoms with van der Waals surface area (Å²) in [4.78, 5) is 50.8. The Labute approximate surface area is 277 Å². The fourth-order valence-electron chi connectivity index (χ4n) is 6.24. The van der Waals surface area contributed by atoms with Gasteiger partial charge in [0.05, 0.1) is 0 Å². The van der Waals surface area contributed by atoms with Crippen LogP contribution in [-0.4, -0.2) is 35.7 Å². The van der Waals surface area contributed by atoms with Crippen molar-refractivity contribution in [2.45, 2.75) is 142 Å². The van der Waals surface area contributed by atoms with Gasteiger partial charge in [0.15, 0.2) is 11.6 Å². The quantitative estimate of drug-likeness (QED) is 0.151. The Kier molecular flexibility index (Phi) is 17.4. The second-order valence-corrected chi connectivity index (χ2v) is 12.9. The zero-order valence-electron chi connectivity index (χ0n) is 28.3. The molecule has 6 nitrogen and oxygen atoms in total. The number of carbonyl (C=O) groups is 4. The van der Waals surface area contributed by atoms with Crippen LogP contribution in [0.2, 0.25) is 0 Å². The number of hydrogen-bond donors (Lipinski definition) is 0. The summed E-state index contributed by atoms with van der Waals surface area (Å²) in [6, 6.07) is 0. The van der Waals surface area contributed by atoms with E-state index in [9.17, 15) is 19.2 Å². The third-order valence-corrected chi connectivity index (χ3v) is 9.00. The number of unbranched alkanes of at least 4 members (excludes halogenated alkanes) is 4. The lowest BCUT2D eigenvalue weighted by molar-refractivity contribution is -0.150. The second-order valence-electron chi connectivity index (χ2n) is 12.9. The molecule has 2 aliphatic carbocycles. The van der Waals surface area contributed by atoms with E-state index in [1.54, 1.807) is 12.2 Å². The maximum absolute atomic E-state index is 12.8. The Hall–Kier alpha value is -3.28. The monoisotopic (exact) mass is 632 g/mol. The topological polar surface area (TPSA) is 86.7 Å². The Morgan fingerprint density at radius 2 is 1.02 bits per heavy atom. The molecule has 0 N–H and O–H groups in total. The summed E-state index contributed by atoms with van der Waals surface area (Å²) in [5, 5.41) is 0. The standard InChI is InChI=1S/C40H56O6/c1-3-5-11-19-33-25-27-35-31(23-29-37(35)41)17-13-8-10-16-22-40(44)46-34(20-12-6-4-2)26-28-36-32(24-30-38(36)42)18-14-7-9-15-21-39(43)45-33/h7-8,13-14,23-24,27-34H,3-6,9-12,15-22,25-26H2,1-2H3/b13-8-,14-7-,35-27+,36-28+/t31-,32-,33-,34-/m0/s1. The number of cyclic esters (lactones) is 2. The first-order valence-corrected chi connectivity index (χ1v) is 17.9. The maximum atomic E-state index is 12.8. The molecular formula is C40H56O6. The van der Waals surface area contributed by atoms with E-state index < -0.39 is 0 Å². The van der Waals surface area contributed by atoms with Crippen LogP contribution in [0, 0.1) is 11.8 Å². The highest BCUT2D eigenvalue weighted by Gasteiger charge is 2.24. The molecule has 0 radical (unpaired) electrons. The van der Waals surface area contributed by atoms with Crippen LogP contribution in [0.4, 0.5) is 0 Å². The van der Waals surface area contributed by atoms with Crippen LogP contribution in [0.5, 0.6) is 0 Å². The van der Waals surface area contributed by atoms with Crippen LogP contribution in [0.25, 0.3) is 0 Å². The third kappa shape index (κ3) is 13.6. The van der Waals surface area contributed by atoms with Crippen molar-refractivity contribution in [2.24, 2.45) is 11.8 Å². The molecule has 0 aromatic carbocycles. The molecule has 0 amide bonds. The van der Waals surface area contributed by atoms with E-state index in [2.05, 4.69) is 38.2 Å². The lowest BCUT2D eigenvalue weighted by Gasteiger charge is -2.18. The molecule has 0 bridgehead atoms. The SMILES string of the molecule is CCCCC[C@H]1C/C=C2/C(=O)C=C[C@@H]2C/C=C\CCCC(=O)O[C@@H](CCCCC)C/C=C2/C(=O)C=C[C@@H]2C/C=C\CCCC(=O)O1. The van der Waals surface area contributed by atoms with Gasteiger partial charge in [0.1, 0.15) is 12.2 Å². The summed E-state index contributed by atoms with van der Waals surface area (Å²) in [5.74, 6) is -0.265. The van der Waals surface area contributed by atoms with E-state index in [0.717, 1.165) is 88.2 Å². The van der Waals surface area contributed by atoms with Crippen molar-refractivity contribution in [1.29, 1.82) is 0 Å². The van der Waals surface area contributed by atoms with E-state index in [1.165, 1.54) is 0 Å². The zero-order valence-corrected chi connectivity index (χ0v) is 28.3. The molecule has 6 heteroatoms. The fraction of sp³-hybridized carbons (Fsp3) is 0.600. The summed E-state index contributed by atoms with van der Waals surface area (Å²) in [5.41, 5.74) is 1.56. The van der Waals surface area contributed by atoms with Gasteiger partial charge in [-0.25, -0.2) is 0 Å². The summed E-state index contributed by atoms with van der Waals surface area (Å²) >= 11 is 0. The van der Waals surface area contributed by atoms with E-state index in [1.807, 2.05) is 24.3 Å². The number of fused-ring (bicyclic) bond motifs is 2. The highest BCUT2D eigenvalue weighted by molar-refractivity contribution is 6.07. The van der Waals surface area contributed by atoms with Gasteiger partial charge in [-0.15, -0.1) is 0 Å². The van der Waals surface area contributed by atoms with Gasteiger partial charge in [-0.1, -0.05) is 88.1 Å². The lowest BCUT2D eigenvalue weighted by atomic mass is 9.95. The number of carbonyl (C=O) groups excluding carboxylic acids is 4. The first-order chi connectivity index (χ1) is 22.4. The van der Waals surface area contributed by atoms with Crippen molar-refractivity contribution < 1.29 is 28.7 Å². The van der Waals surface area contributed by atoms with Crippen LogP contribution in [0.15, 0.2) is 71.9 Å². The van der Waals surface area contributed by atoms with Crippen LogP contribution in [0.3, 0.4) is 0 Å². The van der Waals surface area contributed by atoms with Crippen molar-refractivity contribution in [2.75, 3.05) is 0 Å². The van der Waals surface area contributed by atoms with E-state index in [4.69, 9.17) is 9.47 Å². The highest BCUT2D eigenvalue weighted by Crippen LogP contribution is 2.28. The summed E-state index contributed by atoms with van der Waals surface area (Å²) in [6.45, 7) is 4.31. The van der Waals surface area contributed by atoms with E-state index >= 15 is 0 Å². The van der Waals surface area contributed by atoms with Gasteiger partial charge >= 0.3 is 11.9 Å². The predicted molar refractivity (Wildman–Crippen MR) is 184 cm³/mol. The predicted octanol–water partition coefficient (Wildman–Crippen LogP) is 9.36. The Balaban J connectivity index is 1.70. The summed E-state index contributed by atoms with van der Waals surface area (Å²) in [7, 11) is 0. The van der Waals surface area contributed by atoms with Crippen LogP contribution in [0.1, 0.15) is 129 Å². The fourth-order valence-corrected chi connectivity index (χ4v) is 6.24. The Morgan fingerprint density at radius 3 is 1.43 bits per heavy atom. The molecule has 3 rings (SSSR count). The lowest BCUT2D eigenvalue weighted by Crippen LogP contribution is -2.18. The Morgan fingerprint density at radius 1 is 0.587 bits per heavy atom. The molecule has 3 aliphatic rings. The van der Waals surface area contributed by atoms with Gasteiger partial charge < -0.3 is 9.47 Å². The molecule has 0 fully saturated rings. The van der Waals surface area contributed by atoms with Crippen molar-refractivity contribution >= 4 is 23.5 Å². The molecule has 0 aromatic rings. The van der Waals surface area contributed by atoms with Crippen molar-refractivity contribution in [3.05, 3.63) is 71.9 Å². The minimum atomic E-state index is -0.229. The summed E-state index contributed by atoms with van der Waals surface area (Å²) in [6.07, 6.45) is 33.1. The molecule has 0 saturated carbocycles. The highest BCUT2D eigenvalue weighted by atomic mass is 16.5. The first-order valence-electron chi connectivity index (χ1n) is 17.9. The molecular weight excluding hydrogens is 576 g/mol. The first kappa shape index (κ1) is 37.2. The zero-order chi connectivity index (χ0) is 33.0. The molecule has 252 valence electrons. The number of esters is 2. The number of rotatable bonds is 8. The van der Waals surface area contributed by atoms with Crippen LogP contribution in [-0.2, 0) is 28.7 Å². The second kappa shape index (κ2) is 21.5. The number of hydrogen-bond acceptors (Lipinski definition) is 6. The third-order valence-electron chi connectivity index (χ3n) is 9.00. The average molecular weight is 633 g/mol. The van der Waals surface area contributed by atoms with Crippen molar-refractivity contribution in [3.63, 3.8) is 0 Å². The maximum Gasteiger partial charge on any atom is 0.306 e. The van der Waals surface area contributed by atoms with Gasteiger partial charge in [-0.3, -0.25) is 19.2 Å². The normalized spacial score (nSPS) is 29.5. The molecule has 0 aromatic heterocycles. The molecule has 4 atom stereocenters. The van der Waals surface area contributed by atoms with E-state index in [-0.39, 0.29) is 47.5 Å². The smallest absolute Gasteiger partial charge is 0.306 e. The molecule has 0 spiro atoms. The van der Waals surface area contributed by atoms with Gasteiger partial charge in [-0.2, -0.15) is 0 Å². The number of ether oxygens (including phenoxy) is 2. The largest absolute Gasteiger partial charge is 0.462 e. The van der Waals surface area contributed by atoms with Gasteiger partial charge in [0.2, 0.25) is 0 Å². The van der Waals surface area contributed by atoms with Gasteiger partial charge in [0.25, 0.3) is 0 Å². The van der Waals surface area contributed by atoms with E-state index in [0.29, 0.717) is 38.5 Å². The van der Waals surface area contributed by atoms with Crippen LogP contribution >= 0.6 is 0 Å². The molecule has 46 heavy (non-hydrogen) atoms. The summed E-state index contributed by atoms with van der Waals surface area (Å²) < 4.78 is 11.8. The van der Waals surface area contributed by atoms with Crippen molar-refractivity contribution in [3.8, 4) is 0 Å². The molecule has 0 saturated heterocycles. The van der Waals surface area contributed by atoms with Crippen LogP contribution < -0.4 is 0 Å². The average Bonchev–Trinajstić information content (AvgIpc) is 3.57. The van der Waals surface area contributed by atoms with Gasteiger partial charge in [-0.05, 0) is 76.4 Å². The molecule has 0 unspecified atom stereocenters. The van der Waals surface area contributed by atoms with Gasteiger partial charge in [0, 0.05) is 48.7 Å². The molecule has 1 heterocycles. The minimum Gasteiger partial charge on any atom is -0.462 e. The number of allylic oxidation sites excluding steroid dienone is 10. The Bertz CT molecular complexity index is 1090. The minimum absolute atomic E-state index is 0.0191. The number of ketones is 2.